The van der Waals surface area contributed by atoms with E-state index in [0.717, 1.165) is 39.2 Å². The van der Waals surface area contributed by atoms with E-state index in [-0.39, 0.29) is 0 Å². The van der Waals surface area contributed by atoms with Gasteiger partial charge in [0, 0.05) is 40.0 Å². The first-order chi connectivity index (χ1) is 8.22. The second kappa shape index (κ2) is 8.22. The highest BCUT2D eigenvalue weighted by atomic mass is 16.5. The van der Waals surface area contributed by atoms with E-state index < -0.39 is 0 Å². The Bertz CT molecular complexity index is 300. The summed E-state index contributed by atoms with van der Waals surface area (Å²) >= 11 is 0. The molecular formula is C12H24N4O. The summed E-state index contributed by atoms with van der Waals surface area (Å²) in [6.07, 6.45) is 5.02. The zero-order valence-corrected chi connectivity index (χ0v) is 11.1. The third kappa shape index (κ3) is 6.41. The first kappa shape index (κ1) is 14.2. The number of aromatic nitrogens is 2. The first-order valence-corrected chi connectivity index (χ1v) is 6.08. The number of nitrogens with one attached hydrogen (secondary N) is 1. The minimum Gasteiger partial charge on any atom is -0.383 e. The van der Waals surface area contributed by atoms with Crippen LogP contribution in [0.5, 0.6) is 0 Å². The molecule has 17 heavy (non-hydrogen) atoms. The summed E-state index contributed by atoms with van der Waals surface area (Å²) < 4.78 is 6.87. The number of aryl methyl sites for hydroxylation is 1. The van der Waals surface area contributed by atoms with Gasteiger partial charge in [-0.3, -0.25) is 4.68 Å². The highest BCUT2D eigenvalue weighted by Crippen LogP contribution is 1.95. The fraction of sp³-hybridized carbons (Fsp3) is 0.750. The van der Waals surface area contributed by atoms with Crippen molar-refractivity contribution in [2.75, 3.05) is 46.9 Å². The molecule has 1 N–H and O–H groups in total. The second-order valence-electron chi connectivity index (χ2n) is 4.32. The number of hydrogen-bond acceptors (Lipinski definition) is 4. The van der Waals surface area contributed by atoms with E-state index in [4.69, 9.17) is 4.74 Å². The molecule has 0 amide bonds. The molecule has 0 bridgehead atoms. The number of rotatable bonds is 9. The molecule has 5 nitrogen and oxygen atoms in total. The summed E-state index contributed by atoms with van der Waals surface area (Å²) in [5.41, 5.74) is 1.28. The van der Waals surface area contributed by atoms with Gasteiger partial charge in [0.1, 0.15) is 0 Å². The molecular weight excluding hydrogens is 216 g/mol. The molecule has 0 fully saturated rings. The number of likely N-dealkylation sites (N-methyl/N-ethyl adjacent to an activating group) is 1. The molecule has 0 aliphatic rings. The van der Waals surface area contributed by atoms with E-state index in [1.807, 2.05) is 17.9 Å². The molecule has 98 valence electrons. The Hall–Kier alpha value is -0.910. The van der Waals surface area contributed by atoms with E-state index in [1.165, 1.54) is 5.56 Å². The lowest BCUT2D eigenvalue weighted by molar-refractivity contribution is 0.161. The third-order valence-corrected chi connectivity index (χ3v) is 2.70. The molecule has 0 saturated heterocycles. The topological polar surface area (TPSA) is 42.3 Å². The van der Waals surface area contributed by atoms with Gasteiger partial charge in [0.25, 0.3) is 0 Å². The van der Waals surface area contributed by atoms with E-state index in [0.29, 0.717) is 0 Å². The second-order valence-corrected chi connectivity index (χ2v) is 4.32. The van der Waals surface area contributed by atoms with E-state index in [1.54, 1.807) is 7.11 Å². The lowest BCUT2D eigenvalue weighted by atomic mass is 10.2. The normalized spacial score (nSPS) is 11.3. The maximum atomic E-state index is 5.03. The number of methoxy groups -OCH3 is 1. The molecule has 1 rings (SSSR count). The van der Waals surface area contributed by atoms with Gasteiger partial charge in [-0.1, -0.05) is 0 Å². The summed E-state index contributed by atoms with van der Waals surface area (Å²) in [7, 11) is 5.80. The van der Waals surface area contributed by atoms with Crippen molar-refractivity contribution in [3.63, 3.8) is 0 Å². The Kier molecular flexibility index (Phi) is 6.84. The molecule has 5 heteroatoms. The minimum atomic E-state index is 0.798. The van der Waals surface area contributed by atoms with Crippen molar-refractivity contribution < 1.29 is 4.74 Å². The fourth-order valence-corrected chi connectivity index (χ4v) is 1.59. The highest BCUT2D eigenvalue weighted by molar-refractivity contribution is 5.03. The molecule has 0 radical (unpaired) electrons. The van der Waals surface area contributed by atoms with Crippen molar-refractivity contribution in [2.24, 2.45) is 7.05 Å². The van der Waals surface area contributed by atoms with E-state index in [2.05, 4.69) is 28.6 Å². The van der Waals surface area contributed by atoms with Crippen LogP contribution in [0, 0.1) is 0 Å². The van der Waals surface area contributed by atoms with Gasteiger partial charge in [-0.05, 0) is 25.6 Å². The van der Waals surface area contributed by atoms with Gasteiger partial charge in [0.15, 0.2) is 0 Å². The van der Waals surface area contributed by atoms with Crippen LogP contribution in [0.2, 0.25) is 0 Å². The average molecular weight is 240 g/mol. The lowest BCUT2D eigenvalue weighted by Crippen LogP contribution is -2.32. The molecule has 0 saturated carbocycles. The quantitative estimate of drug-likeness (QED) is 0.623. The van der Waals surface area contributed by atoms with Crippen molar-refractivity contribution >= 4 is 0 Å². The Balaban J connectivity index is 1.97. The number of ether oxygens (including phenoxy) is 1. The van der Waals surface area contributed by atoms with E-state index >= 15 is 0 Å². The van der Waals surface area contributed by atoms with Crippen LogP contribution < -0.4 is 5.32 Å². The Morgan fingerprint density at radius 1 is 1.41 bits per heavy atom. The van der Waals surface area contributed by atoms with E-state index in [9.17, 15) is 0 Å². The van der Waals surface area contributed by atoms with Gasteiger partial charge in [-0.2, -0.15) is 5.10 Å². The third-order valence-electron chi connectivity index (χ3n) is 2.70. The highest BCUT2D eigenvalue weighted by Gasteiger charge is 1.98. The van der Waals surface area contributed by atoms with Crippen molar-refractivity contribution in [1.82, 2.24) is 20.0 Å². The van der Waals surface area contributed by atoms with Gasteiger partial charge >= 0.3 is 0 Å². The molecule has 0 unspecified atom stereocenters. The average Bonchev–Trinajstić information content (AvgIpc) is 2.72. The predicted molar refractivity (Wildman–Crippen MR) is 69.2 cm³/mol. The molecule has 1 aromatic rings. The van der Waals surface area contributed by atoms with Gasteiger partial charge < -0.3 is 15.0 Å². The summed E-state index contributed by atoms with van der Waals surface area (Å²) in [4.78, 5) is 2.26. The Labute approximate surface area is 104 Å². The molecule has 0 aliphatic carbocycles. The molecule has 1 aromatic heterocycles. The van der Waals surface area contributed by atoms with Gasteiger partial charge in [-0.15, -0.1) is 0 Å². The summed E-state index contributed by atoms with van der Waals surface area (Å²) in [5, 5.41) is 7.58. The van der Waals surface area contributed by atoms with Gasteiger partial charge in [0.05, 0.1) is 12.8 Å². The molecule has 0 atom stereocenters. The van der Waals surface area contributed by atoms with Crippen LogP contribution in [-0.2, 0) is 18.2 Å². The standard InChI is InChI=1S/C12H24N4O/c1-15(8-9-17-3)7-6-13-5-4-12-10-14-16(2)11-12/h10-11,13H,4-9H2,1-3H3. The summed E-state index contributed by atoms with van der Waals surface area (Å²) in [6.45, 7) is 4.85. The number of nitrogens with zero attached hydrogens (tertiary/aromatic N) is 3. The van der Waals surface area contributed by atoms with Crippen molar-refractivity contribution in [2.45, 2.75) is 6.42 Å². The van der Waals surface area contributed by atoms with Crippen molar-refractivity contribution in [3.8, 4) is 0 Å². The van der Waals surface area contributed by atoms with Crippen LogP contribution >= 0.6 is 0 Å². The molecule has 0 spiro atoms. The largest absolute Gasteiger partial charge is 0.383 e. The maximum absolute atomic E-state index is 5.03. The zero-order chi connectivity index (χ0) is 12.5. The fourth-order valence-electron chi connectivity index (χ4n) is 1.59. The maximum Gasteiger partial charge on any atom is 0.0589 e. The lowest BCUT2D eigenvalue weighted by Gasteiger charge is -2.15. The number of hydrogen-bond donors (Lipinski definition) is 1. The Morgan fingerprint density at radius 3 is 2.88 bits per heavy atom. The zero-order valence-electron chi connectivity index (χ0n) is 11.1. The van der Waals surface area contributed by atoms with Crippen LogP contribution in [-0.4, -0.2) is 61.6 Å². The van der Waals surface area contributed by atoms with Gasteiger partial charge in [-0.25, -0.2) is 0 Å². The van der Waals surface area contributed by atoms with Crippen LogP contribution in [0.25, 0.3) is 0 Å². The monoisotopic (exact) mass is 240 g/mol. The minimum absolute atomic E-state index is 0.798. The molecule has 0 aliphatic heterocycles. The summed E-state index contributed by atoms with van der Waals surface area (Å²) in [5.74, 6) is 0. The molecule has 1 heterocycles. The van der Waals surface area contributed by atoms with Gasteiger partial charge in [0.2, 0.25) is 0 Å². The smallest absolute Gasteiger partial charge is 0.0589 e. The Morgan fingerprint density at radius 2 is 2.24 bits per heavy atom. The first-order valence-electron chi connectivity index (χ1n) is 6.08. The SMILES string of the molecule is COCCN(C)CCNCCc1cnn(C)c1. The molecule has 0 aromatic carbocycles. The predicted octanol–water partition coefficient (Wildman–Crippen LogP) is 0.130. The van der Waals surface area contributed by atoms with Crippen LogP contribution in [0.4, 0.5) is 0 Å². The van der Waals surface area contributed by atoms with Crippen molar-refractivity contribution in [3.05, 3.63) is 18.0 Å². The van der Waals surface area contributed by atoms with Crippen LogP contribution in [0.15, 0.2) is 12.4 Å². The van der Waals surface area contributed by atoms with Crippen molar-refractivity contribution in [1.29, 1.82) is 0 Å². The van der Waals surface area contributed by atoms with Crippen LogP contribution in [0.3, 0.4) is 0 Å². The summed E-state index contributed by atoms with van der Waals surface area (Å²) in [6, 6.07) is 0. The van der Waals surface area contributed by atoms with Crippen LogP contribution in [0.1, 0.15) is 5.56 Å².